The Labute approximate surface area is 104 Å². The second-order valence-electron chi connectivity index (χ2n) is 3.85. The Hall–Kier alpha value is -1.69. The van der Waals surface area contributed by atoms with Crippen LogP contribution in [-0.2, 0) is 4.79 Å². The SMILES string of the molecule is CC(CN)C(=O)Nc1ccc(OCC(F)F)cc1. The van der Waals surface area contributed by atoms with Crippen LogP contribution in [0.4, 0.5) is 14.5 Å². The molecule has 0 aliphatic heterocycles. The van der Waals surface area contributed by atoms with E-state index in [1.165, 1.54) is 12.1 Å². The average Bonchev–Trinajstić information content (AvgIpc) is 2.36. The number of hydrogen-bond donors (Lipinski definition) is 2. The van der Waals surface area contributed by atoms with Gasteiger partial charge in [0, 0.05) is 18.2 Å². The minimum absolute atomic E-state index is 0.182. The highest BCUT2D eigenvalue weighted by molar-refractivity contribution is 5.92. The van der Waals surface area contributed by atoms with E-state index in [2.05, 4.69) is 5.32 Å². The Morgan fingerprint density at radius 1 is 1.39 bits per heavy atom. The third-order valence-electron chi connectivity index (χ3n) is 2.30. The summed E-state index contributed by atoms with van der Waals surface area (Å²) in [7, 11) is 0. The van der Waals surface area contributed by atoms with Crippen molar-refractivity contribution in [1.29, 1.82) is 0 Å². The normalized spacial score (nSPS) is 12.3. The van der Waals surface area contributed by atoms with Crippen LogP contribution in [0, 0.1) is 5.92 Å². The number of ether oxygens (including phenoxy) is 1. The summed E-state index contributed by atoms with van der Waals surface area (Å²) in [4.78, 5) is 11.5. The zero-order chi connectivity index (χ0) is 13.5. The standard InChI is InChI=1S/C12H16F2N2O2/c1-8(6-15)12(17)16-9-2-4-10(5-3-9)18-7-11(13)14/h2-5,8,11H,6-7,15H2,1H3,(H,16,17). The molecule has 1 atom stereocenters. The molecule has 18 heavy (non-hydrogen) atoms. The summed E-state index contributed by atoms with van der Waals surface area (Å²) >= 11 is 0. The first kappa shape index (κ1) is 14.4. The van der Waals surface area contributed by atoms with Crippen molar-refractivity contribution in [2.75, 3.05) is 18.5 Å². The summed E-state index contributed by atoms with van der Waals surface area (Å²) in [5.74, 6) is -0.126. The van der Waals surface area contributed by atoms with Gasteiger partial charge in [0.25, 0.3) is 6.43 Å². The zero-order valence-corrected chi connectivity index (χ0v) is 10.0. The highest BCUT2D eigenvalue weighted by atomic mass is 19.3. The smallest absolute Gasteiger partial charge is 0.272 e. The Morgan fingerprint density at radius 3 is 2.50 bits per heavy atom. The lowest BCUT2D eigenvalue weighted by Gasteiger charge is -2.10. The topological polar surface area (TPSA) is 64.4 Å². The molecular formula is C12H16F2N2O2. The van der Waals surface area contributed by atoms with Crippen LogP contribution in [0.15, 0.2) is 24.3 Å². The number of rotatable bonds is 6. The number of carbonyl (C=O) groups excluding carboxylic acids is 1. The molecule has 0 saturated heterocycles. The molecule has 0 aromatic heterocycles. The molecule has 6 heteroatoms. The maximum absolute atomic E-state index is 11.9. The van der Waals surface area contributed by atoms with E-state index in [-0.39, 0.29) is 18.4 Å². The number of benzene rings is 1. The van der Waals surface area contributed by atoms with Gasteiger partial charge in [-0.25, -0.2) is 8.78 Å². The lowest BCUT2D eigenvalue weighted by molar-refractivity contribution is -0.119. The minimum Gasteiger partial charge on any atom is -0.488 e. The van der Waals surface area contributed by atoms with E-state index in [0.29, 0.717) is 11.4 Å². The summed E-state index contributed by atoms with van der Waals surface area (Å²) < 4.78 is 28.6. The van der Waals surface area contributed by atoms with Gasteiger partial charge in [0.15, 0.2) is 0 Å². The molecule has 1 aromatic carbocycles. The van der Waals surface area contributed by atoms with E-state index < -0.39 is 13.0 Å². The minimum atomic E-state index is -2.50. The van der Waals surface area contributed by atoms with Gasteiger partial charge in [0.05, 0.1) is 0 Å². The van der Waals surface area contributed by atoms with Crippen molar-refractivity contribution in [3.05, 3.63) is 24.3 Å². The molecule has 1 amide bonds. The molecule has 1 rings (SSSR count). The van der Waals surface area contributed by atoms with Crippen molar-refractivity contribution < 1.29 is 18.3 Å². The fraction of sp³-hybridized carbons (Fsp3) is 0.417. The number of hydrogen-bond acceptors (Lipinski definition) is 3. The molecule has 0 fully saturated rings. The molecule has 1 aromatic rings. The van der Waals surface area contributed by atoms with Crippen LogP contribution in [0.1, 0.15) is 6.92 Å². The van der Waals surface area contributed by atoms with E-state index in [1.807, 2.05) is 0 Å². The predicted molar refractivity (Wildman–Crippen MR) is 64.8 cm³/mol. The molecule has 4 nitrogen and oxygen atoms in total. The quantitative estimate of drug-likeness (QED) is 0.818. The van der Waals surface area contributed by atoms with Crippen LogP contribution < -0.4 is 15.8 Å². The van der Waals surface area contributed by atoms with Gasteiger partial charge in [-0.1, -0.05) is 6.92 Å². The van der Waals surface area contributed by atoms with Crippen LogP contribution in [0.3, 0.4) is 0 Å². The van der Waals surface area contributed by atoms with Crippen molar-refractivity contribution in [2.24, 2.45) is 11.7 Å². The monoisotopic (exact) mass is 258 g/mol. The highest BCUT2D eigenvalue weighted by Crippen LogP contribution is 2.16. The maximum atomic E-state index is 11.9. The number of nitrogens with one attached hydrogen (secondary N) is 1. The summed E-state index contributed by atoms with van der Waals surface area (Å²) in [6.07, 6.45) is -2.50. The first-order valence-corrected chi connectivity index (χ1v) is 5.55. The second-order valence-corrected chi connectivity index (χ2v) is 3.85. The highest BCUT2D eigenvalue weighted by Gasteiger charge is 2.10. The van der Waals surface area contributed by atoms with Crippen LogP contribution >= 0.6 is 0 Å². The number of alkyl halides is 2. The van der Waals surface area contributed by atoms with E-state index in [9.17, 15) is 13.6 Å². The number of amides is 1. The van der Waals surface area contributed by atoms with Crippen molar-refractivity contribution in [3.63, 3.8) is 0 Å². The molecule has 0 bridgehead atoms. The largest absolute Gasteiger partial charge is 0.488 e. The van der Waals surface area contributed by atoms with Crippen molar-refractivity contribution in [3.8, 4) is 5.75 Å². The maximum Gasteiger partial charge on any atom is 0.272 e. The Morgan fingerprint density at radius 2 is 2.00 bits per heavy atom. The van der Waals surface area contributed by atoms with E-state index in [1.54, 1.807) is 19.1 Å². The first-order valence-electron chi connectivity index (χ1n) is 5.55. The molecule has 0 aliphatic carbocycles. The third-order valence-corrected chi connectivity index (χ3v) is 2.30. The van der Waals surface area contributed by atoms with Crippen LogP contribution in [0.25, 0.3) is 0 Å². The van der Waals surface area contributed by atoms with Crippen LogP contribution in [0.5, 0.6) is 5.75 Å². The van der Waals surface area contributed by atoms with Crippen molar-refractivity contribution in [2.45, 2.75) is 13.3 Å². The summed E-state index contributed by atoms with van der Waals surface area (Å²) in [6.45, 7) is 1.34. The Balaban J connectivity index is 2.52. The summed E-state index contributed by atoms with van der Waals surface area (Å²) in [6, 6.07) is 6.21. The fourth-order valence-corrected chi connectivity index (χ4v) is 1.17. The number of anilines is 1. The molecule has 100 valence electrons. The van der Waals surface area contributed by atoms with Crippen molar-refractivity contribution >= 4 is 11.6 Å². The average molecular weight is 258 g/mol. The number of carbonyl (C=O) groups is 1. The molecule has 0 aliphatic rings. The van der Waals surface area contributed by atoms with Crippen LogP contribution in [0.2, 0.25) is 0 Å². The van der Waals surface area contributed by atoms with Crippen LogP contribution in [-0.4, -0.2) is 25.5 Å². The van der Waals surface area contributed by atoms with E-state index in [0.717, 1.165) is 0 Å². The van der Waals surface area contributed by atoms with Crippen molar-refractivity contribution in [1.82, 2.24) is 0 Å². The number of nitrogens with two attached hydrogens (primary N) is 1. The van der Waals surface area contributed by atoms with Gasteiger partial charge in [-0.2, -0.15) is 0 Å². The molecule has 0 heterocycles. The molecular weight excluding hydrogens is 242 g/mol. The lowest BCUT2D eigenvalue weighted by atomic mass is 10.1. The second kappa shape index (κ2) is 6.90. The molecule has 3 N–H and O–H groups in total. The first-order chi connectivity index (χ1) is 8.52. The lowest BCUT2D eigenvalue weighted by Crippen LogP contribution is -2.26. The van der Waals surface area contributed by atoms with Gasteiger partial charge >= 0.3 is 0 Å². The van der Waals surface area contributed by atoms with E-state index in [4.69, 9.17) is 10.5 Å². The zero-order valence-electron chi connectivity index (χ0n) is 10.0. The third kappa shape index (κ3) is 4.67. The fourth-order valence-electron chi connectivity index (χ4n) is 1.17. The van der Waals surface area contributed by atoms with Gasteiger partial charge in [-0.3, -0.25) is 4.79 Å². The molecule has 0 saturated carbocycles. The van der Waals surface area contributed by atoms with E-state index >= 15 is 0 Å². The van der Waals surface area contributed by atoms with Gasteiger partial charge in [0.2, 0.25) is 5.91 Å². The molecule has 0 radical (unpaired) electrons. The predicted octanol–water partition coefficient (Wildman–Crippen LogP) is 1.86. The van der Waals surface area contributed by atoms with Gasteiger partial charge in [-0.15, -0.1) is 0 Å². The van der Waals surface area contributed by atoms with Gasteiger partial charge < -0.3 is 15.8 Å². The Kier molecular flexibility index (Phi) is 5.51. The molecule has 1 unspecified atom stereocenters. The molecule has 0 spiro atoms. The summed E-state index contributed by atoms with van der Waals surface area (Å²) in [5.41, 5.74) is 5.94. The van der Waals surface area contributed by atoms with Gasteiger partial charge in [-0.05, 0) is 24.3 Å². The van der Waals surface area contributed by atoms with Gasteiger partial charge in [0.1, 0.15) is 12.4 Å². The number of halogens is 2. The summed E-state index contributed by atoms with van der Waals surface area (Å²) in [5, 5.41) is 2.66. The Bertz CT molecular complexity index is 382.